The van der Waals surface area contributed by atoms with E-state index in [2.05, 4.69) is 11.1 Å². The van der Waals surface area contributed by atoms with Crippen molar-refractivity contribution < 1.29 is 5.11 Å². The van der Waals surface area contributed by atoms with Crippen LogP contribution in [0.5, 0.6) is 5.75 Å². The van der Waals surface area contributed by atoms with E-state index in [0.29, 0.717) is 28.6 Å². The van der Waals surface area contributed by atoms with E-state index in [1.807, 2.05) is 24.4 Å². The normalized spacial score (nSPS) is 11.2. The van der Waals surface area contributed by atoms with Gasteiger partial charge in [-0.05, 0) is 41.8 Å². The summed E-state index contributed by atoms with van der Waals surface area (Å²) in [6.07, 6.45) is 4.55. The zero-order valence-electron chi connectivity index (χ0n) is 15.0. The first-order valence-corrected chi connectivity index (χ1v) is 9.69. The molecule has 4 aromatic rings. The summed E-state index contributed by atoms with van der Waals surface area (Å²) in [7, 11) is 0. The molecule has 0 bridgehead atoms. The van der Waals surface area contributed by atoms with Crippen LogP contribution >= 0.6 is 23.2 Å². The van der Waals surface area contributed by atoms with Crippen molar-refractivity contribution in [1.29, 1.82) is 0 Å². The standard InChI is InChI=1S/C22H18Cl2N2O2/c23-16-6-5-14(19(24)12-16)11-18-21(27)8-10-26(22(18)28)9-7-15-13-25-20-4-2-1-3-17(15)20/h1-6,8,10,12-13,25,27H,7,9,11H2. The molecule has 0 spiro atoms. The Bertz CT molecular complexity index is 1210. The Labute approximate surface area is 172 Å². The first-order valence-electron chi connectivity index (χ1n) is 8.93. The van der Waals surface area contributed by atoms with Gasteiger partial charge in [-0.2, -0.15) is 0 Å². The van der Waals surface area contributed by atoms with Crippen LogP contribution in [0.15, 0.2) is 65.7 Å². The minimum Gasteiger partial charge on any atom is -0.507 e. The Balaban J connectivity index is 1.60. The molecule has 0 fully saturated rings. The first kappa shape index (κ1) is 18.7. The van der Waals surface area contributed by atoms with Gasteiger partial charge in [-0.25, -0.2) is 0 Å². The number of nitrogens with zero attached hydrogens (tertiary/aromatic N) is 1. The Morgan fingerprint density at radius 3 is 2.68 bits per heavy atom. The number of benzene rings is 2. The van der Waals surface area contributed by atoms with Crippen molar-refractivity contribution in [3.63, 3.8) is 0 Å². The number of nitrogens with one attached hydrogen (secondary N) is 1. The fourth-order valence-corrected chi connectivity index (χ4v) is 3.86. The molecule has 0 unspecified atom stereocenters. The van der Waals surface area contributed by atoms with Crippen LogP contribution in [0.3, 0.4) is 0 Å². The number of H-pyrrole nitrogens is 1. The SMILES string of the molecule is O=c1c(Cc2ccc(Cl)cc2Cl)c(O)ccn1CCc1c[nH]c2ccccc12. The smallest absolute Gasteiger partial charge is 0.257 e. The van der Waals surface area contributed by atoms with Crippen molar-refractivity contribution in [2.75, 3.05) is 0 Å². The molecule has 0 amide bonds. The van der Waals surface area contributed by atoms with Crippen molar-refractivity contribution in [3.8, 4) is 5.75 Å². The predicted molar refractivity (Wildman–Crippen MR) is 114 cm³/mol. The lowest BCUT2D eigenvalue weighted by atomic mass is 10.1. The Kier molecular flexibility index (Phi) is 5.16. The molecule has 4 rings (SSSR count). The lowest BCUT2D eigenvalue weighted by Gasteiger charge is -2.11. The zero-order valence-corrected chi connectivity index (χ0v) is 16.5. The molecule has 0 saturated carbocycles. The minimum absolute atomic E-state index is 0.0284. The molecule has 0 radical (unpaired) electrons. The maximum absolute atomic E-state index is 12.9. The van der Waals surface area contributed by atoms with Crippen LogP contribution in [-0.2, 0) is 19.4 Å². The summed E-state index contributed by atoms with van der Waals surface area (Å²) in [5.41, 5.74) is 3.08. The fraction of sp³-hybridized carbons (Fsp3) is 0.136. The van der Waals surface area contributed by atoms with Gasteiger partial charge in [0.15, 0.2) is 0 Å². The van der Waals surface area contributed by atoms with Gasteiger partial charge < -0.3 is 14.7 Å². The largest absolute Gasteiger partial charge is 0.507 e. The number of aryl methyl sites for hydroxylation is 2. The number of para-hydroxylation sites is 1. The number of aromatic hydroxyl groups is 1. The summed E-state index contributed by atoms with van der Waals surface area (Å²) >= 11 is 12.2. The van der Waals surface area contributed by atoms with Gasteiger partial charge in [-0.3, -0.25) is 4.79 Å². The van der Waals surface area contributed by atoms with E-state index in [-0.39, 0.29) is 17.7 Å². The van der Waals surface area contributed by atoms with Crippen LogP contribution in [-0.4, -0.2) is 14.7 Å². The van der Waals surface area contributed by atoms with Gasteiger partial charge in [0.2, 0.25) is 0 Å². The topological polar surface area (TPSA) is 58.0 Å². The van der Waals surface area contributed by atoms with Gasteiger partial charge in [-0.15, -0.1) is 0 Å². The van der Waals surface area contributed by atoms with E-state index in [0.717, 1.165) is 22.0 Å². The average molecular weight is 413 g/mol. The van der Waals surface area contributed by atoms with Crippen molar-refractivity contribution >= 4 is 34.1 Å². The molecule has 2 aromatic heterocycles. The molecular formula is C22H18Cl2N2O2. The lowest BCUT2D eigenvalue weighted by Crippen LogP contribution is -2.24. The number of hydrogen-bond donors (Lipinski definition) is 2. The third-order valence-corrected chi connectivity index (χ3v) is 5.51. The van der Waals surface area contributed by atoms with Gasteiger partial charge in [0, 0.05) is 46.3 Å². The molecule has 0 atom stereocenters. The van der Waals surface area contributed by atoms with Crippen LogP contribution in [0.2, 0.25) is 10.0 Å². The number of fused-ring (bicyclic) bond motifs is 1. The zero-order chi connectivity index (χ0) is 19.7. The molecule has 0 aliphatic rings. The highest BCUT2D eigenvalue weighted by atomic mass is 35.5. The van der Waals surface area contributed by atoms with Crippen LogP contribution in [0.4, 0.5) is 0 Å². The molecule has 2 N–H and O–H groups in total. The number of rotatable bonds is 5. The van der Waals surface area contributed by atoms with Crippen molar-refractivity contribution in [2.24, 2.45) is 0 Å². The minimum atomic E-state index is -0.217. The average Bonchev–Trinajstić information content (AvgIpc) is 3.09. The molecular weight excluding hydrogens is 395 g/mol. The van der Waals surface area contributed by atoms with Crippen molar-refractivity contribution in [2.45, 2.75) is 19.4 Å². The Morgan fingerprint density at radius 1 is 1.04 bits per heavy atom. The molecule has 2 heterocycles. The summed E-state index contributed by atoms with van der Waals surface area (Å²) < 4.78 is 1.63. The molecule has 28 heavy (non-hydrogen) atoms. The summed E-state index contributed by atoms with van der Waals surface area (Å²) in [5.74, 6) is -0.0284. The molecule has 4 nitrogen and oxygen atoms in total. The summed E-state index contributed by atoms with van der Waals surface area (Å²) in [5, 5.41) is 12.4. The van der Waals surface area contributed by atoms with Gasteiger partial charge in [-0.1, -0.05) is 47.5 Å². The van der Waals surface area contributed by atoms with Gasteiger partial charge in [0.25, 0.3) is 5.56 Å². The highest BCUT2D eigenvalue weighted by Gasteiger charge is 2.13. The molecule has 0 saturated heterocycles. The molecule has 0 aliphatic heterocycles. The fourth-order valence-electron chi connectivity index (χ4n) is 3.39. The second-order valence-electron chi connectivity index (χ2n) is 6.70. The second-order valence-corrected chi connectivity index (χ2v) is 7.54. The van der Waals surface area contributed by atoms with Crippen LogP contribution in [0.25, 0.3) is 10.9 Å². The maximum Gasteiger partial charge on any atom is 0.257 e. The highest BCUT2D eigenvalue weighted by molar-refractivity contribution is 6.35. The number of aromatic nitrogens is 2. The second kappa shape index (κ2) is 7.74. The van der Waals surface area contributed by atoms with E-state index < -0.39 is 0 Å². The summed E-state index contributed by atoms with van der Waals surface area (Å²) in [4.78, 5) is 16.2. The van der Waals surface area contributed by atoms with E-state index in [1.165, 1.54) is 0 Å². The van der Waals surface area contributed by atoms with Crippen LogP contribution in [0.1, 0.15) is 16.7 Å². The quantitative estimate of drug-likeness (QED) is 0.474. The van der Waals surface area contributed by atoms with Gasteiger partial charge in [0.05, 0.1) is 5.56 Å². The number of hydrogen-bond acceptors (Lipinski definition) is 2. The third-order valence-electron chi connectivity index (χ3n) is 4.92. The van der Waals surface area contributed by atoms with E-state index in [1.54, 1.807) is 35.0 Å². The number of halogens is 2. The van der Waals surface area contributed by atoms with Crippen molar-refractivity contribution in [3.05, 3.63) is 98.0 Å². The maximum atomic E-state index is 12.9. The van der Waals surface area contributed by atoms with E-state index >= 15 is 0 Å². The molecule has 2 aromatic carbocycles. The van der Waals surface area contributed by atoms with Crippen LogP contribution < -0.4 is 5.56 Å². The molecule has 6 heteroatoms. The van der Waals surface area contributed by atoms with Gasteiger partial charge in [0.1, 0.15) is 5.75 Å². The van der Waals surface area contributed by atoms with E-state index in [4.69, 9.17) is 23.2 Å². The summed E-state index contributed by atoms with van der Waals surface area (Å²) in [6, 6.07) is 14.8. The molecule has 0 aliphatic carbocycles. The van der Waals surface area contributed by atoms with Crippen LogP contribution in [0, 0.1) is 0 Å². The lowest BCUT2D eigenvalue weighted by molar-refractivity contribution is 0.463. The third kappa shape index (κ3) is 3.66. The first-order chi connectivity index (χ1) is 13.5. The van der Waals surface area contributed by atoms with Crippen molar-refractivity contribution in [1.82, 2.24) is 9.55 Å². The highest BCUT2D eigenvalue weighted by Crippen LogP contribution is 2.25. The monoisotopic (exact) mass is 412 g/mol. The summed E-state index contributed by atoms with van der Waals surface area (Å²) in [6.45, 7) is 0.516. The Morgan fingerprint density at radius 2 is 1.86 bits per heavy atom. The van der Waals surface area contributed by atoms with E-state index in [9.17, 15) is 9.90 Å². The number of aromatic amines is 1. The predicted octanol–water partition coefficient (Wildman–Crippen LogP) is 5.18. The molecule has 142 valence electrons. The Hall–Kier alpha value is -2.69. The van der Waals surface area contributed by atoms with Gasteiger partial charge >= 0.3 is 0 Å². The number of pyridine rings is 1.